The molecular weight excluding hydrogens is 320 g/mol. The van der Waals surface area contributed by atoms with Crippen molar-refractivity contribution in [3.8, 4) is 0 Å². The summed E-state index contributed by atoms with van der Waals surface area (Å²) in [5, 5.41) is 3.16. The third-order valence-corrected chi connectivity index (χ3v) is 6.14. The van der Waals surface area contributed by atoms with Crippen molar-refractivity contribution in [1.82, 2.24) is 10.2 Å². The molecule has 26 heavy (non-hydrogen) atoms. The van der Waals surface area contributed by atoms with Gasteiger partial charge in [-0.05, 0) is 49.8 Å². The average molecular weight is 357 g/mol. The second-order valence-electron chi connectivity index (χ2n) is 8.19. The highest BCUT2D eigenvalue weighted by atomic mass is 16.1. The first-order valence-electron chi connectivity index (χ1n) is 10.9. The van der Waals surface area contributed by atoms with E-state index in [1.54, 1.807) is 5.56 Å². The van der Waals surface area contributed by atoms with Gasteiger partial charge in [0.2, 0.25) is 5.91 Å². The number of carbonyl (C=O) groups excluding carboxylic acids is 1. The number of hydrogen-bond acceptors (Lipinski definition) is 2. The standard InChI is InChI=1S/C23H36N2O/c26-23(21-12-5-4-6-13-21)24-16-9-2-1-3-10-17-25-18-15-20-11-7-8-14-22(20)19-25/h7-8,11,14,21H,1-6,9-10,12-13,15-19H2,(H,24,26). The Labute approximate surface area is 159 Å². The Kier molecular flexibility index (Phi) is 8.00. The number of benzene rings is 1. The summed E-state index contributed by atoms with van der Waals surface area (Å²) in [6.45, 7) is 4.44. The molecule has 3 nitrogen and oxygen atoms in total. The lowest BCUT2D eigenvalue weighted by Gasteiger charge is -2.28. The van der Waals surface area contributed by atoms with E-state index in [-0.39, 0.29) is 0 Å². The van der Waals surface area contributed by atoms with Crippen LogP contribution in [0.5, 0.6) is 0 Å². The monoisotopic (exact) mass is 356 g/mol. The summed E-state index contributed by atoms with van der Waals surface area (Å²) in [6.07, 6.45) is 13.5. The van der Waals surface area contributed by atoms with Gasteiger partial charge in [0.25, 0.3) is 0 Å². The molecule has 0 bridgehead atoms. The molecule has 1 heterocycles. The van der Waals surface area contributed by atoms with Crippen molar-refractivity contribution < 1.29 is 4.79 Å². The minimum absolute atomic E-state index is 0.304. The van der Waals surface area contributed by atoms with Crippen molar-refractivity contribution in [3.63, 3.8) is 0 Å². The first kappa shape index (κ1) is 19.4. The van der Waals surface area contributed by atoms with Gasteiger partial charge in [-0.15, -0.1) is 0 Å². The molecule has 0 atom stereocenters. The summed E-state index contributed by atoms with van der Waals surface area (Å²) in [7, 11) is 0. The predicted molar refractivity (Wildman–Crippen MR) is 108 cm³/mol. The largest absolute Gasteiger partial charge is 0.356 e. The molecule has 144 valence electrons. The molecule has 1 aliphatic carbocycles. The highest BCUT2D eigenvalue weighted by Crippen LogP contribution is 2.23. The minimum Gasteiger partial charge on any atom is -0.356 e. The van der Waals surface area contributed by atoms with Crippen LogP contribution in [0, 0.1) is 5.92 Å². The van der Waals surface area contributed by atoms with E-state index in [1.165, 1.54) is 70.0 Å². The summed E-state index contributed by atoms with van der Waals surface area (Å²) < 4.78 is 0. The number of fused-ring (bicyclic) bond motifs is 1. The molecule has 2 aliphatic rings. The summed E-state index contributed by atoms with van der Waals surface area (Å²) in [5.41, 5.74) is 3.06. The Morgan fingerprint density at radius 1 is 0.962 bits per heavy atom. The molecule has 1 aromatic rings. The lowest BCUT2D eigenvalue weighted by atomic mass is 9.89. The van der Waals surface area contributed by atoms with Crippen molar-refractivity contribution in [1.29, 1.82) is 0 Å². The van der Waals surface area contributed by atoms with Gasteiger partial charge in [0.15, 0.2) is 0 Å². The third kappa shape index (κ3) is 6.12. The zero-order valence-electron chi connectivity index (χ0n) is 16.3. The van der Waals surface area contributed by atoms with Crippen LogP contribution in [0.25, 0.3) is 0 Å². The fraction of sp³-hybridized carbons (Fsp3) is 0.696. The van der Waals surface area contributed by atoms with Gasteiger partial charge in [-0.2, -0.15) is 0 Å². The molecule has 0 unspecified atom stereocenters. The van der Waals surface area contributed by atoms with E-state index >= 15 is 0 Å². The number of rotatable bonds is 9. The number of amides is 1. The molecule has 0 radical (unpaired) electrons. The number of unbranched alkanes of at least 4 members (excludes halogenated alkanes) is 4. The summed E-state index contributed by atoms with van der Waals surface area (Å²) >= 11 is 0. The van der Waals surface area contributed by atoms with E-state index in [4.69, 9.17) is 0 Å². The lowest BCUT2D eigenvalue weighted by molar-refractivity contribution is -0.125. The van der Waals surface area contributed by atoms with Crippen LogP contribution in [-0.2, 0) is 17.8 Å². The van der Waals surface area contributed by atoms with Crippen molar-refractivity contribution >= 4 is 5.91 Å². The number of nitrogens with zero attached hydrogens (tertiary/aromatic N) is 1. The normalized spacial score (nSPS) is 18.5. The maximum absolute atomic E-state index is 12.1. The predicted octanol–water partition coefficient (Wildman–Crippen LogP) is 4.69. The molecular formula is C23H36N2O. The van der Waals surface area contributed by atoms with E-state index in [0.29, 0.717) is 11.8 Å². The average Bonchev–Trinajstić information content (AvgIpc) is 2.70. The van der Waals surface area contributed by atoms with Crippen LogP contribution in [0.4, 0.5) is 0 Å². The van der Waals surface area contributed by atoms with Crippen LogP contribution in [0.2, 0.25) is 0 Å². The van der Waals surface area contributed by atoms with Gasteiger partial charge in [-0.3, -0.25) is 9.69 Å². The van der Waals surface area contributed by atoms with Crippen LogP contribution in [0.3, 0.4) is 0 Å². The first-order chi connectivity index (χ1) is 12.8. The molecule has 1 aromatic carbocycles. The van der Waals surface area contributed by atoms with E-state index < -0.39 is 0 Å². The zero-order chi connectivity index (χ0) is 18.0. The van der Waals surface area contributed by atoms with E-state index in [9.17, 15) is 4.79 Å². The molecule has 0 saturated heterocycles. The molecule has 3 heteroatoms. The molecule has 1 N–H and O–H groups in total. The first-order valence-corrected chi connectivity index (χ1v) is 10.9. The summed E-state index contributed by atoms with van der Waals surface area (Å²) in [4.78, 5) is 14.7. The maximum Gasteiger partial charge on any atom is 0.223 e. The van der Waals surface area contributed by atoms with Gasteiger partial charge in [0.05, 0.1) is 0 Å². The molecule has 1 amide bonds. The van der Waals surface area contributed by atoms with Crippen molar-refractivity contribution in [2.24, 2.45) is 5.92 Å². The fourth-order valence-corrected chi connectivity index (χ4v) is 4.46. The summed E-state index contributed by atoms with van der Waals surface area (Å²) in [5.74, 6) is 0.619. The molecule has 1 aliphatic heterocycles. The zero-order valence-corrected chi connectivity index (χ0v) is 16.3. The fourth-order valence-electron chi connectivity index (χ4n) is 4.46. The molecule has 1 fully saturated rings. The van der Waals surface area contributed by atoms with Gasteiger partial charge in [0.1, 0.15) is 0 Å². The van der Waals surface area contributed by atoms with Gasteiger partial charge >= 0.3 is 0 Å². The number of carbonyl (C=O) groups is 1. The molecule has 0 aromatic heterocycles. The Morgan fingerprint density at radius 2 is 1.69 bits per heavy atom. The van der Waals surface area contributed by atoms with Crippen LogP contribution in [-0.4, -0.2) is 30.4 Å². The van der Waals surface area contributed by atoms with Gasteiger partial charge < -0.3 is 5.32 Å². The van der Waals surface area contributed by atoms with Crippen molar-refractivity contribution in [2.45, 2.75) is 77.2 Å². The van der Waals surface area contributed by atoms with Crippen LogP contribution in [0.15, 0.2) is 24.3 Å². The minimum atomic E-state index is 0.304. The van der Waals surface area contributed by atoms with Gasteiger partial charge in [-0.1, -0.05) is 62.8 Å². The Bertz CT molecular complexity index is 551. The molecule has 0 spiro atoms. The summed E-state index contributed by atoms with van der Waals surface area (Å²) in [6, 6.07) is 8.88. The highest BCUT2D eigenvalue weighted by molar-refractivity contribution is 5.78. The number of hydrogen-bond donors (Lipinski definition) is 1. The SMILES string of the molecule is O=C(NCCCCCCCN1CCc2ccccc2C1)C1CCCCC1. The van der Waals surface area contributed by atoms with Crippen LogP contribution >= 0.6 is 0 Å². The quantitative estimate of drug-likeness (QED) is 0.651. The van der Waals surface area contributed by atoms with Gasteiger partial charge in [0, 0.05) is 25.6 Å². The van der Waals surface area contributed by atoms with E-state index in [2.05, 4.69) is 34.5 Å². The molecule has 1 saturated carbocycles. The van der Waals surface area contributed by atoms with Crippen molar-refractivity contribution in [2.75, 3.05) is 19.6 Å². The third-order valence-electron chi connectivity index (χ3n) is 6.14. The highest BCUT2D eigenvalue weighted by Gasteiger charge is 2.20. The Balaban J connectivity index is 1.18. The van der Waals surface area contributed by atoms with E-state index in [0.717, 1.165) is 32.4 Å². The second-order valence-corrected chi connectivity index (χ2v) is 8.19. The van der Waals surface area contributed by atoms with Gasteiger partial charge in [-0.25, -0.2) is 0 Å². The smallest absolute Gasteiger partial charge is 0.223 e. The Morgan fingerprint density at radius 3 is 2.54 bits per heavy atom. The molecule has 3 rings (SSSR count). The van der Waals surface area contributed by atoms with E-state index in [1.807, 2.05) is 0 Å². The van der Waals surface area contributed by atoms with Crippen LogP contribution < -0.4 is 5.32 Å². The number of nitrogens with one attached hydrogen (secondary N) is 1. The van der Waals surface area contributed by atoms with Crippen LogP contribution in [0.1, 0.15) is 75.3 Å². The Hall–Kier alpha value is -1.35. The lowest BCUT2D eigenvalue weighted by Crippen LogP contribution is -2.32. The topological polar surface area (TPSA) is 32.3 Å². The maximum atomic E-state index is 12.1. The second kappa shape index (κ2) is 10.7. The van der Waals surface area contributed by atoms with Crippen molar-refractivity contribution in [3.05, 3.63) is 35.4 Å².